The maximum Gasteiger partial charge on any atom is 0.326 e. The number of nitrogens with zero attached hydrogens (tertiary/aromatic N) is 2. The number of nitrogens with two attached hydrogens (primary N) is 4. The van der Waals surface area contributed by atoms with Gasteiger partial charge in [-0.05, 0) is 68.7 Å². The van der Waals surface area contributed by atoms with E-state index in [1.165, 1.54) is 12.5 Å². The summed E-state index contributed by atoms with van der Waals surface area (Å²) in [6.07, 6.45) is 5.86. The fraction of sp³-hybridized carbons (Fsp3) is 0.471. The van der Waals surface area contributed by atoms with Gasteiger partial charge in [0.15, 0.2) is 5.96 Å². The number of benzene rings is 2. The molecule has 7 amide bonds. The summed E-state index contributed by atoms with van der Waals surface area (Å²) in [5, 5.41) is 38.1. The van der Waals surface area contributed by atoms with Crippen molar-refractivity contribution in [2.45, 2.75) is 133 Å². The first-order chi connectivity index (χ1) is 36.9. The van der Waals surface area contributed by atoms with Crippen LogP contribution in [0.3, 0.4) is 0 Å². The van der Waals surface area contributed by atoms with Crippen LogP contribution in [0.5, 0.6) is 0 Å². The zero-order valence-electron chi connectivity index (χ0n) is 43.1. The number of aromatic amines is 2. The second-order valence-electron chi connectivity index (χ2n) is 18.4. The van der Waals surface area contributed by atoms with E-state index in [-0.39, 0.29) is 57.5 Å². The van der Waals surface area contributed by atoms with Crippen LogP contribution in [0.25, 0.3) is 10.9 Å². The average Bonchev–Trinajstić information content (AvgIpc) is 4.08. The number of carbonyl (C=O) groups is 9. The molecule has 2 aromatic carbocycles. The van der Waals surface area contributed by atoms with Crippen molar-refractivity contribution in [1.82, 2.24) is 52.2 Å². The molecule has 418 valence electrons. The van der Waals surface area contributed by atoms with E-state index in [1.807, 2.05) is 19.1 Å². The number of rotatable bonds is 35. The lowest BCUT2D eigenvalue weighted by molar-refractivity contribution is -0.142. The van der Waals surface area contributed by atoms with Crippen LogP contribution in [0.4, 0.5) is 0 Å². The first-order valence-corrected chi connectivity index (χ1v) is 25.5. The molecule has 7 atom stereocenters. The number of carbonyl (C=O) groups excluding carboxylic acids is 7. The highest BCUT2D eigenvalue weighted by Gasteiger charge is 2.34. The molecule has 0 saturated carbocycles. The number of aliphatic carboxylic acids is 2. The summed E-state index contributed by atoms with van der Waals surface area (Å²) in [4.78, 5) is 135. The van der Waals surface area contributed by atoms with E-state index < -0.39 is 109 Å². The van der Waals surface area contributed by atoms with Gasteiger partial charge in [0, 0.05) is 61.2 Å². The van der Waals surface area contributed by atoms with E-state index in [4.69, 9.17) is 22.9 Å². The molecule has 4 rings (SSSR count). The Morgan fingerprint density at radius 1 is 0.636 bits per heavy atom. The number of fused-ring (bicyclic) bond motifs is 1. The molecule has 26 heteroatoms. The van der Waals surface area contributed by atoms with E-state index in [2.05, 4.69) is 57.2 Å². The average molecular weight is 1070 g/mol. The Balaban J connectivity index is 1.65. The number of amides is 7. The number of guanidine groups is 1. The zero-order chi connectivity index (χ0) is 56.3. The molecule has 0 aliphatic rings. The summed E-state index contributed by atoms with van der Waals surface area (Å²) >= 11 is 0. The van der Waals surface area contributed by atoms with Crippen molar-refractivity contribution >= 4 is 70.2 Å². The molecule has 0 bridgehead atoms. The van der Waals surface area contributed by atoms with Crippen molar-refractivity contribution in [1.29, 1.82) is 0 Å². The third kappa shape index (κ3) is 21.4. The normalized spacial score (nSPS) is 13.8. The van der Waals surface area contributed by atoms with E-state index in [9.17, 15) is 53.4 Å². The summed E-state index contributed by atoms with van der Waals surface area (Å²) in [7, 11) is 0. The number of para-hydroxylation sites is 1. The molecular weight excluding hydrogens is 999 g/mol. The molecule has 0 radical (unpaired) electrons. The number of hydrogen-bond donors (Lipinski definition) is 15. The van der Waals surface area contributed by atoms with Crippen LogP contribution in [0, 0.1) is 0 Å². The summed E-state index contributed by atoms with van der Waals surface area (Å²) in [6, 6.07) is 6.44. The lowest BCUT2D eigenvalue weighted by Gasteiger charge is -2.27. The third-order valence-corrected chi connectivity index (χ3v) is 12.3. The van der Waals surface area contributed by atoms with E-state index in [0.29, 0.717) is 49.0 Å². The summed E-state index contributed by atoms with van der Waals surface area (Å²) in [5.74, 6) is -8.55. The highest BCUT2D eigenvalue weighted by Crippen LogP contribution is 2.20. The lowest BCUT2D eigenvalue weighted by Crippen LogP contribution is -2.60. The molecule has 26 nitrogen and oxygen atoms in total. The maximum absolute atomic E-state index is 14.7. The van der Waals surface area contributed by atoms with Gasteiger partial charge < -0.3 is 80.3 Å². The van der Waals surface area contributed by atoms with Crippen molar-refractivity contribution in [2.75, 3.05) is 19.6 Å². The van der Waals surface area contributed by atoms with Crippen molar-refractivity contribution in [3.05, 3.63) is 90.1 Å². The number of hydrogen-bond acceptors (Lipinski definition) is 13. The number of carboxylic acids is 2. The predicted molar refractivity (Wildman–Crippen MR) is 284 cm³/mol. The minimum Gasteiger partial charge on any atom is -0.481 e. The highest BCUT2D eigenvalue weighted by atomic mass is 16.4. The number of aliphatic imine (C=N–C) groups is 1. The Morgan fingerprint density at radius 2 is 1.23 bits per heavy atom. The largest absolute Gasteiger partial charge is 0.481 e. The molecule has 2 aromatic heterocycles. The lowest BCUT2D eigenvalue weighted by atomic mass is 10.0. The van der Waals surface area contributed by atoms with Gasteiger partial charge in [0.1, 0.15) is 36.3 Å². The van der Waals surface area contributed by atoms with Gasteiger partial charge in [-0.1, -0.05) is 68.3 Å². The molecule has 0 fully saturated rings. The molecule has 4 aromatic rings. The summed E-state index contributed by atoms with van der Waals surface area (Å²) in [5.41, 5.74) is 25.1. The van der Waals surface area contributed by atoms with Crippen molar-refractivity contribution in [3.63, 3.8) is 0 Å². The van der Waals surface area contributed by atoms with Gasteiger partial charge in [0.2, 0.25) is 41.4 Å². The maximum atomic E-state index is 14.7. The SMILES string of the molecule is CCCC[C@H](N)C(=O)N[C@@H](CCC(=O)O)C(=O)N[C@H](Cc1cnc[nH]1)C(=O)N[C@H](Cc1ccccc1)C(=O)N[C@@H](CCCN=C(N)N)C(=O)N[C@@H](Cc1c[nH]c2ccccc12)C(=O)NCC(=O)N[C@@H](CCCCN)C(=O)O. The quantitative estimate of drug-likeness (QED) is 0.0143. The van der Waals surface area contributed by atoms with E-state index in [0.717, 1.165) is 17.3 Å². The van der Waals surface area contributed by atoms with Crippen molar-refractivity contribution in [3.8, 4) is 0 Å². The van der Waals surface area contributed by atoms with Gasteiger partial charge in [-0.25, -0.2) is 9.78 Å². The van der Waals surface area contributed by atoms with Crippen LogP contribution in [0.2, 0.25) is 0 Å². The van der Waals surface area contributed by atoms with Crippen LogP contribution in [-0.4, -0.2) is 146 Å². The molecule has 0 saturated heterocycles. The standard InChI is InChI=1S/C51H73N15O11/c1-2-3-15-34(53)44(70)62-37(19-20-43(68)69)47(73)66-41(25-32-27-56-29-60-32)49(75)64-39(23-30-12-5-4-6-13-30)48(74)63-36(18-11-22-57-51(54)55)46(72)65-40(24-31-26-58-35-16-8-7-14-33(31)35)45(71)59-28-42(67)61-38(50(76)77)17-9-10-21-52/h4-8,12-14,16,26-27,29,34,36-41,58H,2-3,9-11,15,17-25,28,52-53H2,1H3,(H,56,60)(H,59,71)(H,61,67)(H,62,70)(H,63,74)(H,64,75)(H,65,72)(H,66,73)(H,68,69)(H,76,77)(H4,54,55,57)/t34-,36-,37-,38-,39+,40-,41+/m0/s1. The number of H-pyrrole nitrogens is 2. The number of carboxylic acid groups (broad SMARTS) is 2. The van der Waals surface area contributed by atoms with Gasteiger partial charge in [-0.2, -0.15) is 0 Å². The Bertz CT molecular complexity index is 2610. The minimum absolute atomic E-state index is 0.0255. The Morgan fingerprint density at radius 3 is 1.86 bits per heavy atom. The van der Waals surface area contributed by atoms with Gasteiger partial charge in [-0.3, -0.25) is 43.3 Å². The van der Waals surface area contributed by atoms with Gasteiger partial charge in [0.05, 0.1) is 18.9 Å². The van der Waals surface area contributed by atoms with Crippen LogP contribution >= 0.6 is 0 Å². The third-order valence-electron chi connectivity index (χ3n) is 12.3. The summed E-state index contributed by atoms with van der Waals surface area (Å²) < 4.78 is 0. The smallest absolute Gasteiger partial charge is 0.326 e. The van der Waals surface area contributed by atoms with Gasteiger partial charge >= 0.3 is 11.9 Å². The van der Waals surface area contributed by atoms with E-state index >= 15 is 0 Å². The number of imidazole rings is 1. The second-order valence-corrected chi connectivity index (χ2v) is 18.4. The van der Waals surface area contributed by atoms with Crippen LogP contribution in [-0.2, 0) is 62.4 Å². The van der Waals surface area contributed by atoms with Crippen molar-refractivity contribution < 1.29 is 53.4 Å². The van der Waals surface area contributed by atoms with Gasteiger partial charge in [0.25, 0.3) is 0 Å². The first-order valence-electron chi connectivity index (χ1n) is 25.5. The fourth-order valence-corrected chi connectivity index (χ4v) is 8.13. The van der Waals surface area contributed by atoms with Crippen LogP contribution in [0.15, 0.2) is 78.3 Å². The van der Waals surface area contributed by atoms with E-state index in [1.54, 1.807) is 48.7 Å². The predicted octanol–water partition coefficient (Wildman–Crippen LogP) is -1.41. The molecule has 0 aliphatic heterocycles. The minimum atomic E-state index is -1.46. The monoisotopic (exact) mass is 1070 g/mol. The molecule has 19 N–H and O–H groups in total. The highest BCUT2D eigenvalue weighted by molar-refractivity contribution is 5.98. The van der Waals surface area contributed by atoms with Crippen LogP contribution in [0.1, 0.15) is 88.0 Å². The second kappa shape index (κ2) is 32.1. The number of nitrogens with one attached hydrogen (secondary N) is 9. The fourth-order valence-electron chi connectivity index (χ4n) is 8.13. The van der Waals surface area contributed by atoms with Gasteiger partial charge in [-0.15, -0.1) is 0 Å². The Hall–Kier alpha value is -8.39. The number of unbranched alkanes of at least 4 members (excludes halogenated alkanes) is 2. The molecule has 0 unspecified atom stereocenters. The van der Waals surface area contributed by atoms with Crippen LogP contribution < -0.4 is 60.2 Å². The zero-order valence-corrected chi connectivity index (χ0v) is 43.1. The molecule has 2 heterocycles. The molecule has 77 heavy (non-hydrogen) atoms. The molecular formula is C51H73N15O11. The number of aromatic nitrogens is 3. The first kappa shape index (κ1) is 61.2. The van der Waals surface area contributed by atoms with Crippen molar-refractivity contribution in [2.24, 2.45) is 27.9 Å². The Labute approximate surface area is 444 Å². The molecule has 0 aliphatic carbocycles. The Kier molecular flexibility index (Phi) is 25.5. The topological polar surface area (TPSA) is 439 Å². The summed E-state index contributed by atoms with van der Waals surface area (Å²) in [6.45, 7) is 1.62. The molecule has 0 spiro atoms.